The molecule has 0 heterocycles. The third kappa shape index (κ3) is 11.5. The molecule has 0 bridgehead atoms. The molecule has 0 saturated heterocycles. The molecule has 0 spiro atoms. The average Bonchev–Trinajstić information content (AvgIpc) is 2.46. The summed E-state index contributed by atoms with van der Waals surface area (Å²) >= 11 is 0. The van der Waals surface area contributed by atoms with Crippen LogP contribution < -0.4 is 0 Å². The Morgan fingerprint density at radius 1 is 0.826 bits per heavy atom. The van der Waals surface area contributed by atoms with Gasteiger partial charge in [0.2, 0.25) is 0 Å². The number of ether oxygens (including phenoxy) is 5. The molecule has 0 aromatic heterocycles. The van der Waals surface area contributed by atoms with Gasteiger partial charge in [0.05, 0.1) is 25.4 Å². The highest BCUT2D eigenvalue weighted by Gasteiger charge is 2.09. The Kier molecular flexibility index (Phi) is 10.9. The van der Waals surface area contributed by atoms with E-state index in [0.717, 1.165) is 0 Å². The van der Waals surface area contributed by atoms with Crippen molar-refractivity contribution in [3.8, 4) is 0 Å². The number of rotatable bonds is 12. The van der Waals surface area contributed by atoms with Crippen LogP contribution in [0.2, 0.25) is 0 Å². The molecule has 2 atom stereocenters. The minimum Gasteiger partial charge on any atom is -0.435 e. The van der Waals surface area contributed by atoms with Crippen LogP contribution >= 0.6 is 0 Å². The van der Waals surface area contributed by atoms with Crippen LogP contribution in [0.25, 0.3) is 0 Å². The van der Waals surface area contributed by atoms with E-state index in [1.165, 1.54) is 0 Å². The molecule has 0 amide bonds. The number of esters is 2. The van der Waals surface area contributed by atoms with E-state index in [1.54, 1.807) is 27.7 Å². The SMILES string of the molecule is C=C(C)C(=O)OCOC(C)COCC(C)OCOC(=O)C(=C)C. The van der Waals surface area contributed by atoms with Crippen molar-refractivity contribution in [2.24, 2.45) is 0 Å². The molecular formula is C16H26O7. The summed E-state index contributed by atoms with van der Waals surface area (Å²) in [6.07, 6.45) is -0.497. The van der Waals surface area contributed by atoms with Crippen molar-refractivity contribution in [2.75, 3.05) is 26.8 Å². The minimum absolute atomic E-state index is 0.154. The van der Waals surface area contributed by atoms with Gasteiger partial charge in [0.1, 0.15) is 0 Å². The number of carbonyl (C=O) groups is 2. The Morgan fingerprint density at radius 2 is 1.17 bits per heavy atom. The third-order valence-corrected chi connectivity index (χ3v) is 2.49. The molecule has 0 aromatic rings. The lowest BCUT2D eigenvalue weighted by Crippen LogP contribution is -2.24. The molecule has 23 heavy (non-hydrogen) atoms. The summed E-state index contributed by atoms with van der Waals surface area (Å²) in [5.41, 5.74) is 0.631. The van der Waals surface area contributed by atoms with E-state index < -0.39 is 11.9 Å². The van der Waals surface area contributed by atoms with Gasteiger partial charge in [-0.05, 0) is 27.7 Å². The second-order valence-electron chi connectivity index (χ2n) is 5.15. The summed E-state index contributed by atoms with van der Waals surface area (Å²) in [6, 6.07) is 0. The van der Waals surface area contributed by atoms with Crippen molar-refractivity contribution in [1.29, 1.82) is 0 Å². The summed E-state index contributed by atoms with van der Waals surface area (Å²) in [4.78, 5) is 22.3. The molecule has 2 unspecified atom stereocenters. The quantitative estimate of drug-likeness (QED) is 0.307. The van der Waals surface area contributed by atoms with E-state index in [2.05, 4.69) is 13.2 Å². The molecule has 0 aliphatic heterocycles. The van der Waals surface area contributed by atoms with Crippen LogP contribution in [-0.2, 0) is 33.3 Å². The van der Waals surface area contributed by atoms with Crippen LogP contribution in [0.15, 0.2) is 24.3 Å². The first-order valence-corrected chi connectivity index (χ1v) is 7.20. The van der Waals surface area contributed by atoms with Crippen molar-refractivity contribution in [2.45, 2.75) is 39.9 Å². The van der Waals surface area contributed by atoms with E-state index in [4.69, 9.17) is 23.7 Å². The van der Waals surface area contributed by atoms with Crippen molar-refractivity contribution < 1.29 is 33.3 Å². The van der Waals surface area contributed by atoms with E-state index in [1.807, 2.05) is 0 Å². The third-order valence-electron chi connectivity index (χ3n) is 2.49. The molecule has 0 N–H and O–H groups in total. The summed E-state index contributed by atoms with van der Waals surface area (Å²) in [5.74, 6) is -0.992. The number of hydrogen-bond acceptors (Lipinski definition) is 7. The standard InChI is InChI=1S/C16H26O7/c1-11(2)15(17)22-9-20-13(5)7-19-8-14(6)21-10-23-16(18)12(3)4/h13-14H,1,3,7-10H2,2,4-6H3. The normalized spacial score (nSPS) is 13.0. The molecule has 7 heteroatoms. The molecule has 0 aliphatic carbocycles. The van der Waals surface area contributed by atoms with Gasteiger partial charge in [-0.2, -0.15) is 0 Å². The van der Waals surface area contributed by atoms with Crippen LogP contribution in [0.1, 0.15) is 27.7 Å². The van der Waals surface area contributed by atoms with Gasteiger partial charge in [-0.3, -0.25) is 0 Å². The topological polar surface area (TPSA) is 80.3 Å². The van der Waals surface area contributed by atoms with Crippen molar-refractivity contribution in [3.05, 3.63) is 24.3 Å². The Morgan fingerprint density at radius 3 is 1.48 bits per heavy atom. The fraction of sp³-hybridized carbons (Fsp3) is 0.625. The van der Waals surface area contributed by atoms with Gasteiger partial charge in [0.25, 0.3) is 0 Å². The maximum absolute atomic E-state index is 11.1. The highest BCUT2D eigenvalue weighted by molar-refractivity contribution is 5.87. The van der Waals surface area contributed by atoms with Gasteiger partial charge < -0.3 is 23.7 Å². The van der Waals surface area contributed by atoms with Crippen molar-refractivity contribution >= 4 is 11.9 Å². The van der Waals surface area contributed by atoms with Crippen LogP contribution in [0, 0.1) is 0 Å². The first kappa shape index (κ1) is 21.3. The second kappa shape index (κ2) is 11.8. The molecule has 0 fully saturated rings. The molecule has 0 aliphatic rings. The van der Waals surface area contributed by atoms with Gasteiger partial charge in [0, 0.05) is 11.1 Å². The zero-order valence-corrected chi connectivity index (χ0v) is 14.3. The van der Waals surface area contributed by atoms with Gasteiger partial charge in [-0.25, -0.2) is 9.59 Å². The van der Waals surface area contributed by atoms with E-state index in [9.17, 15) is 9.59 Å². The van der Waals surface area contributed by atoms with Gasteiger partial charge in [-0.1, -0.05) is 13.2 Å². The maximum Gasteiger partial charge on any atom is 0.335 e. The van der Waals surface area contributed by atoms with Gasteiger partial charge >= 0.3 is 11.9 Å². The fourth-order valence-electron chi connectivity index (χ4n) is 1.15. The molecule has 0 saturated carbocycles. The Bertz CT molecular complexity index is 379. The smallest absolute Gasteiger partial charge is 0.335 e. The average molecular weight is 330 g/mol. The number of carbonyl (C=O) groups excluding carboxylic acids is 2. The Labute approximate surface area is 137 Å². The zero-order valence-electron chi connectivity index (χ0n) is 14.3. The summed E-state index contributed by atoms with van der Waals surface area (Å²) in [6.45, 7) is 13.9. The van der Waals surface area contributed by atoms with Crippen molar-refractivity contribution in [3.63, 3.8) is 0 Å². The monoisotopic (exact) mass is 330 g/mol. The van der Waals surface area contributed by atoms with E-state index in [0.29, 0.717) is 24.4 Å². The zero-order chi connectivity index (χ0) is 17.8. The second-order valence-corrected chi connectivity index (χ2v) is 5.15. The van der Waals surface area contributed by atoms with Crippen LogP contribution in [0.3, 0.4) is 0 Å². The van der Waals surface area contributed by atoms with E-state index in [-0.39, 0.29) is 25.8 Å². The van der Waals surface area contributed by atoms with Gasteiger partial charge in [-0.15, -0.1) is 0 Å². The van der Waals surface area contributed by atoms with Gasteiger partial charge in [0.15, 0.2) is 13.6 Å². The van der Waals surface area contributed by atoms with Crippen LogP contribution in [0.5, 0.6) is 0 Å². The van der Waals surface area contributed by atoms with Crippen LogP contribution in [-0.4, -0.2) is 50.9 Å². The molecule has 0 rings (SSSR count). The minimum atomic E-state index is -0.496. The lowest BCUT2D eigenvalue weighted by Gasteiger charge is -2.16. The fourth-order valence-corrected chi connectivity index (χ4v) is 1.15. The highest BCUT2D eigenvalue weighted by Crippen LogP contribution is 1.99. The predicted molar refractivity (Wildman–Crippen MR) is 83.5 cm³/mol. The molecule has 0 radical (unpaired) electrons. The molecule has 7 nitrogen and oxygen atoms in total. The Hall–Kier alpha value is -1.70. The molecular weight excluding hydrogens is 304 g/mol. The maximum atomic E-state index is 11.1. The largest absolute Gasteiger partial charge is 0.435 e. The molecule has 0 aromatic carbocycles. The summed E-state index contributed by atoms with van der Waals surface area (Å²) in [7, 11) is 0. The first-order valence-electron chi connectivity index (χ1n) is 7.20. The summed E-state index contributed by atoms with van der Waals surface area (Å²) < 4.78 is 25.5. The Balaban J connectivity index is 3.64. The predicted octanol–water partition coefficient (Wildman–Crippen LogP) is 1.97. The van der Waals surface area contributed by atoms with Crippen molar-refractivity contribution in [1.82, 2.24) is 0 Å². The lowest BCUT2D eigenvalue weighted by molar-refractivity contribution is -0.162. The molecule has 132 valence electrons. The van der Waals surface area contributed by atoms with E-state index >= 15 is 0 Å². The lowest BCUT2D eigenvalue weighted by atomic mass is 10.4. The summed E-state index contributed by atoms with van der Waals surface area (Å²) in [5, 5.41) is 0. The van der Waals surface area contributed by atoms with Crippen LogP contribution in [0.4, 0.5) is 0 Å². The number of hydrogen-bond donors (Lipinski definition) is 0. The highest BCUT2D eigenvalue weighted by atomic mass is 16.7. The first-order chi connectivity index (χ1) is 10.7.